The molecule has 296 valence electrons. The largest absolute Gasteiger partial charge is 0.463 e. The number of carbonyl (C=O) groups excluding carboxylic acids is 1. The molecule has 1 aliphatic rings. The van der Waals surface area contributed by atoms with E-state index in [1.165, 1.54) is 17.8 Å². The smallest absolute Gasteiger partial charge is 0.309 e. The second-order valence-corrected chi connectivity index (χ2v) is 14.4. The molecular weight excluding hydrogens is 719 g/mol. The third kappa shape index (κ3) is 14.1. The normalized spacial score (nSPS) is 16.1. The molecule has 1 aliphatic carbocycles. The fraction of sp³-hybridized carbons (Fsp3) is 0.548. The van der Waals surface area contributed by atoms with Gasteiger partial charge >= 0.3 is 5.97 Å². The Morgan fingerprint density at radius 3 is 2.09 bits per heavy atom. The van der Waals surface area contributed by atoms with Crippen molar-refractivity contribution in [3.8, 4) is 12.1 Å². The van der Waals surface area contributed by atoms with E-state index in [1.807, 2.05) is 37.3 Å². The standard InChI is InChI=1S/C42H55N5O7S/c1-5-47(35-15-16-38(32(3)27-35)45-46-41-37(28-43)33(4)40(29-44)55-41)30-39(34-12-7-6-8-13-34)53-25-23-51-21-19-49-17-18-50-20-22-52-24-26-54-42(48)36-14-10-9-11-31(36)2/h6-8,12-13,15-16,27,31,36,39H,5,9-11,14,17-26,30H2,1-4H3. The molecule has 0 radical (unpaired) electrons. The van der Waals surface area contributed by atoms with E-state index in [2.05, 4.69) is 59.3 Å². The van der Waals surface area contributed by atoms with E-state index >= 15 is 0 Å². The van der Waals surface area contributed by atoms with Crippen molar-refractivity contribution in [3.63, 3.8) is 0 Å². The predicted molar refractivity (Wildman–Crippen MR) is 212 cm³/mol. The Hall–Kier alpha value is -4.21. The van der Waals surface area contributed by atoms with E-state index in [0.29, 0.717) is 98.6 Å². The average molecular weight is 774 g/mol. The molecule has 0 bridgehead atoms. The molecule has 1 heterocycles. The van der Waals surface area contributed by atoms with Crippen LogP contribution >= 0.6 is 11.3 Å². The lowest BCUT2D eigenvalue weighted by Gasteiger charge is -2.29. The lowest BCUT2D eigenvalue weighted by molar-refractivity contribution is -0.153. The molecule has 0 aliphatic heterocycles. The predicted octanol–water partition coefficient (Wildman–Crippen LogP) is 8.54. The Morgan fingerprint density at radius 2 is 1.49 bits per heavy atom. The molecule has 0 saturated heterocycles. The minimum atomic E-state index is -0.178. The first-order valence-electron chi connectivity index (χ1n) is 19.2. The van der Waals surface area contributed by atoms with E-state index in [0.717, 1.165) is 42.6 Å². The van der Waals surface area contributed by atoms with Crippen molar-refractivity contribution in [3.05, 3.63) is 75.7 Å². The summed E-state index contributed by atoms with van der Waals surface area (Å²) in [4.78, 5) is 15.0. The summed E-state index contributed by atoms with van der Waals surface area (Å²) in [6, 6.07) is 20.5. The molecule has 3 unspecified atom stereocenters. The van der Waals surface area contributed by atoms with Gasteiger partial charge in [-0.05, 0) is 74.4 Å². The zero-order chi connectivity index (χ0) is 39.3. The number of rotatable bonds is 24. The van der Waals surface area contributed by atoms with Gasteiger partial charge in [0.25, 0.3) is 0 Å². The van der Waals surface area contributed by atoms with Crippen LogP contribution in [0.2, 0.25) is 0 Å². The van der Waals surface area contributed by atoms with E-state index in [1.54, 1.807) is 6.92 Å². The van der Waals surface area contributed by atoms with Gasteiger partial charge in [-0.3, -0.25) is 4.79 Å². The van der Waals surface area contributed by atoms with Crippen LogP contribution in [0.25, 0.3) is 0 Å². The van der Waals surface area contributed by atoms with Gasteiger partial charge in [0.1, 0.15) is 29.7 Å². The summed E-state index contributed by atoms with van der Waals surface area (Å²) in [6.07, 6.45) is 4.15. The highest BCUT2D eigenvalue weighted by Gasteiger charge is 2.28. The number of carbonyl (C=O) groups is 1. The summed E-state index contributed by atoms with van der Waals surface area (Å²) in [5, 5.41) is 28.1. The summed E-state index contributed by atoms with van der Waals surface area (Å²) < 4.78 is 34.3. The molecule has 0 amide bonds. The van der Waals surface area contributed by atoms with Crippen molar-refractivity contribution in [2.75, 3.05) is 84.1 Å². The minimum Gasteiger partial charge on any atom is -0.463 e. The van der Waals surface area contributed by atoms with Gasteiger partial charge < -0.3 is 33.3 Å². The number of esters is 1. The lowest BCUT2D eigenvalue weighted by Crippen LogP contribution is -2.30. The Labute approximate surface area is 330 Å². The lowest BCUT2D eigenvalue weighted by atomic mass is 9.80. The van der Waals surface area contributed by atoms with E-state index in [4.69, 9.17) is 28.4 Å². The van der Waals surface area contributed by atoms with Crippen LogP contribution in [0.5, 0.6) is 0 Å². The number of hydrogen-bond acceptors (Lipinski definition) is 13. The number of aryl methyl sites for hydroxylation is 1. The summed E-state index contributed by atoms with van der Waals surface area (Å²) in [5.74, 6) is 0.343. The topological polar surface area (TPSA) is 148 Å². The zero-order valence-corrected chi connectivity index (χ0v) is 33.5. The van der Waals surface area contributed by atoms with Crippen molar-refractivity contribution >= 4 is 33.7 Å². The first-order valence-corrected chi connectivity index (χ1v) is 20.0. The van der Waals surface area contributed by atoms with E-state index in [-0.39, 0.29) is 24.6 Å². The third-order valence-corrected chi connectivity index (χ3v) is 10.7. The Bertz CT molecular complexity index is 1720. The van der Waals surface area contributed by atoms with Crippen molar-refractivity contribution in [2.24, 2.45) is 22.1 Å². The molecule has 13 heteroatoms. The Kier molecular flexibility index (Phi) is 19.3. The average Bonchev–Trinajstić information content (AvgIpc) is 3.52. The molecule has 4 rings (SSSR count). The van der Waals surface area contributed by atoms with Crippen molar-refractivity contribution in [1.82, 2.24) is 0 Å². The van der Waals surface area contributed by atoms with Gasteiger partial charge in [0.2, 0.25) is 0 Å². The molecule has 1 saturated carbocycles. The number of nitriles is 2. The van der Waals surface area contributed by atoms with Crippen LogP contribution < -0.4 is 4.90 Å². The molecule has 1 aromatic heterocycles. The fourth-order valence-corrected chi connectivity index (χ4v) is 7.26. The maximum absolute atomic E-state index is 12.2. The SMILES string of the molecule is CCN(CC(OCCOCCOCCOCCOCCOC(=O)C1CCCCC1C)c1ccccc1)c1ccc(N=Nc2sc(C#N)c(C)c2C#N)c(C)c1. The van der Waals surface area contributed by atoms with Crippen LogP contribution in [0.4, 0.5) is 16.4 Å². The summed E-state index contributed by atoms with van der Waals surface area (Å²) in [7, 11) is 0. The number of nitrogens with zero attached hydrogens (tertiary/aromatic N) is 5. The number of thiophene rings is 1. The number of hydrogen-bond donors (Lipinski definition) is 0. The quantitative estimate of drug-likeness (QED) is 0.0493. The van der Waals surface area contributed by atoms with Gasteiger partial charge in [0.15, 0.2) is 5.00 Å². The minimum absolute atomic E-state index is 0.0315. The summed E-state index contributed by atoms with van der Waals surface area (Å²) >= 11 is 1.17. The first kappa shape index (κ1) is 43.5. The molecule has 2 aromatic carbocycles. The molecule has 1 fully saturated rings. The Balaban J connectivity index is 1.11. The number of anilines is 1. The molecule has 0 N–H and O–H groups in total. The van der Waals surface area contributed by atoms with Crippen LogP contribution in [-0.4, -0.2) is 85.1 Å². The second-order valence-electron chi connectivity index (χ2n) is 13.4. The van der Waals surface area contributed by atoms with Gasteiger partial charge in [-0.1, -0.05) is 50.1 Å². The van der Waals surface area contributed by atoms with E-state index in [9.17, 15) is 15.3 Å². The summed E-state index contributed by atoms with van der Waals surface area (Å²) in [5.41, 5.74) is 4.78. The van der Waals surface area contributed by atoms with Crippen molar-refractivity contribution in [1.29, 1.82) is 10.5 Å². The Morgan fingerprint density at radius 1 is 0.855 bits per heavy atom. The van der Waals surface area contributed by atoms with E-state index < -0.39 is 0 Å². The zero-order valence-electron chi connectivity index (χ0n) is 32.7. The van der Waals surface area contributed by atoms with Gasteiger partial charge in [0.05, 0.1) is 76.6 Å². The van der Waals surface area contributed by atoms with Gasteiger partial charge in [-0.2, -0.15) is 10.5 Å². The van der Waals surface area contributed by atoms with Crippen molar-refractivity contribution < 1.29 is 33.2 Å². The molecule has 3 aromatic rings. The molecular formula is C42H55N5O7S. The number of likely N-dealkylation sites (N-methyl/N-ethyl adjacent to an activating group) is 1. The number of ether oxygens (including phenoxy) is 6. The number of benzene rings is 2. The van der Waals surface area contributed by atoms with Crippen molar-refractivity contribution in [2.45, 2.75) is 59.5 Å². The maximum atomic E-state index is 12.2. The molecule has 3 atom stereocenters. The molecule has 55 heavy (non-hydrogen) atoms. The molecule has 12 nitrogen and oxygen atoms in total. The van der Waals surface area contributed by atoms with Crippen LogP contribution in [-0.2, 0) is 33.2 Å². The van der Waals surface area contributed by atoms with Crippen LogP contribution in [0.15, 0.2) is 58.8 Å². The maximum Gasteiger partial charge on any atom is 0.309 e. The molecule has 0 spiro atoms. The highest BCUT2D eigenvalue weighted by molar-refractivity contribution is 7.16. The number of azo groups is 1. The third-order valence-electron chi connectivity index (χ3n) is 9.62. The van der Waals surface area contributed by atoms with Gasteiger partial charge in [0, 0.05) is 18.8 Å². The monoisotopic (exact) mass is 773 g/mol. The van der Waals surface area contributed by atoms with Crippen LogP contribution in [0.1, 0.15) is 72.8 Å². The van der Waals surface area contributed by atoms with Crippen LogP contribution in [0.3, 0.4) is 0 Å². The van der Waals surface area contributed by atoms with Gasteiger partial charge in [-0.25, -0.2) is 0 Å². The van der Waals surface area contributed by atoms with Gasteiger partial charge in [-0.15, -0.1) is 21.6 Å². The first-order chi connectivity index (χ1) is 26.9. The highest BCUT2D eigenvalue weighted by Crippen LogP contribution is 2.36. The summed E-state index contributed by atoms with van der Waals surface area (Å²) in [6.45, 7) is 13.6. The van der Waals surface area contributed by atoms with Crippen LogP contribution in [0, 0.1) is 48.3 Å². The highest BCUT2D eigenvalue weighted by atomic mass is 32.1. The fourth-order valence-electron chi connectivity index (χ4n) is 6.38. The second kappa shape index (κ2) is 24.3.